The summed E-state index contributed by atoms with van der Waals surface area (Å²) in [5.41, 5.74) is 3.09. The fourth-order valence-electron chi connectivity index (χ4n) is 2.88. The van der Waals surface area contributed by atoms with Crippen molar-refractivity contribution in [3.63, 3.8) is 0 Å². The van der Waals surface area contributed by atoms with E-state index in [1.807, 2.05) is 55.5 Å². The summed E-state index contributed by atoms with van der Waals surface area (Å²) in [5, 5.41) is 0. The maximum Gasteiger partial charge on any atom is 0.297 e. The highest BCUT2D eigenvalue weighted by atomic mass is 32.2. The molecule has 1 atom stereocenters. The second kappa shape index (κ2) is 9.04. The van der Waals surface area contributed by atoms with Gasteiger partial charge in [0.15, 0.2) is 0 Å². The quantitative estimate of drug-likeness (QED) is 0.515. The lowest BCUT2D eigenvalue weighted by molar-refractivity contribution is 0.148. The molecule has 0 aliphatic heterocycles. The van der Waals surface area contributed by atoms with E-state index >= 15 is 0 Å². The van der Waals surface area contributed by atoms with Gasteiger partial charge in [-0.2, -0.15) is 8.42 Å². The molecule has 0 N–H and O–H groups in total. The largest absolute Gasteiger partial charge is 0.491 e. The van der Waals surface area contributed by atoms with Crippen LogP contribution in [0.15, 0.2) is 83.8 Å². The molecule has 4 nitrogen and oxygen atoms in total. The van der Waals surface area contributed by atoms with E-state index in [4.69, 9.17) is 8.92 Å². The normalized spacial score (nSPS) is 12.5. The number of benzene rings is 3. The van der Waals surface area contributed by atoms with Crippen LogP contribution in [0.2, 0.25) is 0 Å². The zero-order valence-electron chi connectivity index (χ0n) is 16.0. The fraction of sp³-hybridized carbons (Fsp3) is 0.217. The Labute approximate surface area is 166 Å². The van der Waals surface area contributed by atoms with Gasteiger partial charge in [0.2, 0.25) is 0 Å². The summed E-state index contributed by atoms with van der Waals surface area (Å²) < 4.78 is 36.1. The summed E-state index contributed by atoms with van der Waals surface area (Å²) in [5.74, 6) is 0.731. The summed E-state index contributed by atoms with van der Waals surface area (Å²) in [6, 6.07) is 24.6. The third kappa shape index (κ3) is 5.44. The Balaban J connectivity index is 1.64. The SMILES string of the molecule is Cc1cccc(S(=O)(=O)O[C@H](C)COc2ccccc2Cc2ccccc2)c1. The van der Waals surface area contributed by atoms with E-state index in [2.05, 4.69) is 12.1 Å². The van der Waals surface area contributed by atoms with Crippen molar-refractivity contribution in [2.24, 2.45) is 0 Å². The summed E-state index contributed by atoms with van der Waals surface area (Å²) in [6.45, 7) is 3.67. The van der Waals surface area contributed by atoms with Crippen molar-refractivity contribution in [1.29, 1.82) is 0 Å². The Hall–Kier alpha value is -2.63. The highest BCUT2D eigenvalue weighted by Crippen LogP contribution is 2.22. The molecule has 0 unspecified atom stereocenters. The number of aryl methyl sites for hydroxylation is 1. The van der Waals surface area contributed by atoms with Gasteiger partial charge in [0.05, 0.1) is 4.90 Å². The predicted octanol–water partition coefficient (Wildman–Crippen LogP) is 4.76. The molecule has 0 aliphatic rings. The molecule has 0 spiro atoms. The maximum absolute atomic E-state index is 12.4. The van der Waals surface area contributed by atoms with Crippen LogP contribution in [-0.2, 0) is 20.7 Å². The maximum atomic E-state index is 12.4. The zero-order chi connectivity index (χ0) is 20.0. The van der Waals surface area contributed by atoms with Gasteiger partial charge < -0.3 is 4.74 Å². The zero-order valence-corrected chi connectivity index (χ0v) is 16.9. The minimum absolute atomic E-state index is 0.136. The minimum Gasteiger partial charge on any atom is -0.491 e. The number of ether oxygens (including phenoxy) is 1. The Morgan fingerprint density at radius 3 is 2.36 bits per heavy atom. The lowest BCUT2D eigenvalue weighted by atomic mass is 10.0. The lowest BCUT2D eigenvalue weighted by Gasteiger charge is -2.16. The van der Waals surface area contributed by atoms with Crippen molar-refractivity contribution in [3.05, 3.63) is 95.6 Å². The first-order chi connectivity index (χ1) is 13.4. The van der Waals surface area contributed by atoms with E-state index in [0.717, 1.165) is 23.3 Å². The number of para-hydroxylation sites is 1. The fourth-order valence-corrected chi connectivity index (χ4v) is 4.06. The van der Waals surface area contributed by atoms with Crippen LogP contribution in [0.1, 0.15) is 23.6 Å². The van der Waals surface area contributed by atoms with Gasteiger partial charge in [-0.1, -0.05) is 60.7 Å². The number of hydrogen-bond donors (Lipinski definition) is 0. The topological polar surface area (TPSA) is 52.6 Å². The van der Waals surface area contributed by atoms with E-state index in [0.29, 0.717) is 0 Å². The van der Waals surface area contributed by atoms with Crippen molar-refractivity contribution in [3.8, 4) is 5.75 Å². The molecule has 146 valence electrons. The van der Waals surface area contributed by atoms with Crippen molar-refractivity contribution in [2.75, 3.05) is 6.61 Å². The van der Waals surface area contributed by atoms with Crippen LogP contribution < -0.4 is 4.74 Å². The summed E-state index contributed by atoms with van der Waals surface area (Å²) in [6.07, 6.45) is 0.128. The molecule has 0 heterocycles. The molecule has 5 heteroatoms. The molecule has 0 aliphatic carbocycles. The highest BCUT2D eigenvalue weighted by molar-refractivity contribution is 7.86. The molecular weight excluding hydrogens is 372 g/mol. The van der Waals surface area contributed by atoms with Crippen molar-refractivity contribution in [2.45, 2.75) is 31.3 Å². The van der Waals surface area contributed by atoms with Crippen LogP contribution in [0.25, 0.3) is 0 Å². The van der Waals surface area contributed by atoms with Gasteiger partial charge in [-0.25, -0.2) is 0 Å². The standard InChI is InChI=1S/C23H24O4S/c1-18-9-8-13-22(15-18)28(24,25)27-19(2)17-26-23-14-7-6-12-21(23)16-20-10-4-3-5-11-20/h3-15,19H,16-17H2,1-2H3/t19-/m1/s1. The van der Waals surface area contributed by atoms with Crippen LogP contribution in [-0.4, -0.2) is 21.1 Å². The summed E-state index contributed by atoms with van der Waals surface area (Å²) >= 11 is 0. The summed E-state index contributed by atoms with van der Waals surface area (Å²) in [4.78, 5) is 0.156. The number of hydrogen-bond acceptors (Lipinski definition) is 4. The Bertz CT molecular complexity index is 1010. The molecule has 0 aromatic heterocycles. The lowest BCUT2D eigenvalue weighted by Crippen LogP contribution is -2.22. The Morgan fingerprint density at radius 1 is 0.893 bits per heavy atom. The molecule has 0 saturated carbocycles. The van der Waals surface area contributed by atoms with Gasteiger partial charge in [0.25, 0.3) is 10.1 Å². The monoisotopic (exact) mass is 396 g/mol. The molecule has 0 fully saturated rings. The van der Waals surface area contributed by atoms with E-state index < -0.39 is 16.2 Å². The van der Waals surface area contributed by atoms with E-state index in [9.17, 15) is 8.42 Å². The highest BCUT2D eigenvalue weighted by Gasteiger charge is 2.20. The second-order valence-electron chi connectivity index (χ2n) is 6.76. The first-order valence-electron chi connectivity index (χ1n) is 9.18. The average Bonchev–Trinajstić information content (AvgIpc) is 2.68. The van der Waals surface area contributed by atoms with Crippen LogP contribution in [0.4, 0.5) is 0 Å². The van der Waals surface area contributed by atoms with Gasteiger partial charge in [-0.05, 0) is 48.7 Å². The van der Waals surface area contributed by atoms with Gasteiger partial charge >= 0.3 is 0 Å². The number of rotatable bonds is 8. The first-order valence-corrected chi connectivity index (χ1v) is 10.6. The first kappa shape index (κ1) is 20.1. The molecule has 3 rings (SSSR count). The van der Waals surface area contributed by atoms with E-state index in [-0.39, 0.29) is 11.5 Å². The molecule has 3 aromatic carbocycles. The smallest absolute Gasteiger partial charge is 0.297 e. The van der Waals surface area contributed by atoms with Crippen molar-refractivity contribution < 1.29 is 17.3 Å². The molecule has 3 aromatic rings. The second-order valence-corrected chi connectivity index (χ2v) is 8.33. The van der Waals surface area contributed by atoms with Gasteiger partial charge in [-0.3, -0.25) is 4.18 Å². The van der Waals surface area contributed by atoms with Gasteiger partial charge in [-0.15, -0.1) is 0 Å². The molecule has 28 heavy (non-hydrogen) atoms. The van der Waals surface area contributed by atoms with Gasteiger partial charge in [0.1, 0.15) is 18.5 Å². The van der Waals surface area contributed by atoms with Crippen molar-refractivity contribution in [1.82, 2.24) is 0 Å². The average molecular weight is 397 g/mol. The van der Waals surface area contributed by atoms with Gasteiger partial charge in [0, 0.05) is 6.42 Å². The van der Waals surface area contributed by atoms with Crippen LogP contribution in [0.5, 0.6) is 5.75 Å². The molecule has 0 bridgehead atoms. The van der Waals surface area contributed by atoms with Crippen molar-refractivity contribution >= 4 is 10.1 Å². The molecule has 0 radical (unpaired) electrons. The molecular formula is C23H24O4S. The molecule has 0 amide bonds. The van der Waals surface area contributed by atoms with E-state index in [1.54, 1.807) is 19.1 Å². The molecule has 0 saturated heterocycles. The van der Waals surface area contributed by atoms with Crippen LogP contribution >= 0.6 is 0 Å². The van der Waals surface area contributed by atoms with E-state index in [1.165, 1.54) is 11.6 Å². The summed E-state index contributed by atoms with van der Waals surface area (Å²) in [7, 11) is -3.83. The predicted molar refractivity (Wildman–Crippen MR) is 110 cm³/mol. The van der Waals surface area contributed by atoms with Crippen LogP contribution in [0, 0.1) is 6.92 Å². The van der Waals surface area contributed by atoms with Crippen LogP contribution in [0.3, 0.4) is 0 Å². The minimum atomic E-state index is -3.83. The third-order valence-corrected chi connectivity index (χ3v) is 5.67. The Morgan fingerprint density at radius 2 is 1.61 bits per heavy atom. The Kier molecular flexibility index (Phi) is 6.49. The third-order valence-electron chi connectivity index (χ3n) is 4.25.